The molecular weight excluding hydrogens is 292 g/mol. The number of pyridine rings is 1. The molecule has 0 atom stereocenters. The van der Waals surface area contributed by atoms with Gasteiger partial charge in [-0.1, -0.05) is 13.8 Å². The van der Waals surface area contributed by atoms with Crippen molar-refractivity contribution in [2.24, 2.45) is 5.92 Å². The van der Waals surface area contributed by atoms with E-state index in [-0.39, 0.29) is 5.91 Å². The predicted octanol–water partition coefficient (Wildman–Crippen LogP) is 1.08. The molecule has 23 heavy (non-hydrogen) atoms. The van der Waals surface area contributed by atoms with Crippen LogP contribution in [0.1, 0.15) is 24.2 Å². The Kier molecular flexibility index (Phi) is 4.66. The van der Waals surface area contributed by atoms with Gasteiger partial charge in [-0.05, 0) is 18.1 Å². The number of piperazine rings is 1. The zero-order valence-corrected chi connectivity index (χ0v) is 13.6. The molecule has 122 valence electrons. The Morgan fingerprint density at radius 2 is 2.04 bits per heavy atom. The molecule has 0 N–H and O–H groups in total. The summed E-state index contributed by atoms with van der Waals surface area (Å²) in [5.74, 6) is 1.18. The van der Waals surface area contributed by atoms with Crippen LogP contribution in [0.15, 0.2) is 31.0 Å². The molecule has 2 aromatic rings. The summed E-state index contributed by atoms with van der Waals surface area (Å²) in [4.78, 5) is 25.4. The highest BCUT2D eigenvalue weighted by Gasteiger charge is 2.25. The van der Waals surface area contributed by atoms with Gasteiger partial charge in [0.15, 0.2) is 5.82 Å². The molecule has 0 aliphatic carbocycles. The van der Waals surface area contributed by atoms with Crippen LogP contribution in [-0.4, -0.2) is 68.2 Å². The van der Waals surface area contributed by atoms with Crippen molar-refractivity contribution in [3.8, 4) is 5.82 Å². The Labute approximate surface area is 135 Å². The molecule has 0 aromatic carbocycles. The fourth-order valence-corrected chi connectivity index (χ4v) is 2.88. The molecule has 0 unspecified atom stereocenters. The maximum absolute atomic E-state index is 12.9. The minimum absolute atomic E-state index is 0.00722. The van der Waals surface area contributed by atoms with Crippen molar-refractivity contribution in [2.45, 2.75) is 13.8 Å². The number of aromatic nitrogens is 4. The molecule has 0 saturated carbocycles. The van der Waals surface area contributed by atoms with Crippen LogP contribution >= 0.6 is 0 Å². The number of hydrogen-bond acceptors (Lipinski definition) is 5. The van der Waals surface area contributed by atoms with Gasteiger partial charge < -0.3 is 4.90 Å². The van der Waals surface area contributed by atoms with Gasteiger partial charge in [0.05, 0.1) is 5.56 Å². The lowest BCUT2D eigenvalue weighted by atomic mass is 10.1. The van der Waals surface area contributed by atoms with Gasteiger partial charge in [0.25, 0.3) is 5.91 Å². The summed E-state index contributed by atoms with van der Waals surface area (Å²) in [6, 6.07) is 3.58. The smallest absolute Gasteiger partial charge is 0.257 e. The van der Waals surface area contributed by atoms with Gasteiger partial charge in [0.2, 0.25) is 0 Å². The van der Waals surface area contributed by atoms with Gasteiger partial charge in [-0.3, -0.25) is 9.69 Å². The first-order chi connectivity index (χ1) is 11.1. The van der Waals surface area contributed by atoms with Crippen LogP contribution in [0.3, 0.4) is 0 Å². The second-order valence-corrected chi connectivity index (χ2v) is 6.20. The SMILES string of the molecule is CC(C)CN1CCN(C(=O)c2cccnc2-n2cncn2)CC1. The van der Waals surface area contributed by atoms with Crippen molar-refractivity contribution < 1.29 is 4.79 Å². The Morgan fingerprint density at radius 3 is 2.70 bits per heavy atom. The maximum atomic E-state index is 12.9. The van der Waals surface area contributed by atoms with Crippen LogP contribution in [0.25, 0.3) is 5.82 Å². The summed E-state index contributed by atoms with van der Waals surface area (Å²) in [5, 5.41) is 4.08. The van der Waals surface area contributed by atoms with E-state index in [9.17, 15) is 4.79 Å². The molecule has 0 spiro atoms. The molecule has 3 rings (SSSR count). The minimum atomic E-state index is 0.00722. The summed E-state index contributed by atoms with van der Waals surface area (Å²) in [5.41, 5.74) is 0.565. The zero-order valence-electron chi connectivity index (χ0n) is 13.6. The van der Waals surface area contributed by atoms with E-state index in [0.29, 0.717) is 17.3 Å². The van der Waals surface area contributed by atoms with Crippen LogP contribution in [-0.2, 0) is 0 Å². The van der Waals surface area contributed by atoms with Gasteiger partial charge in [0.1, 0.15) is 12.7 Å². The standard InChI is InChI=1S/C16H22N6O/c1-13(2)10-20-6-8-21(9-7-20)16(23)14-4-3-5-18-15(14)22-12-17-11-19-22/h3-5,11-13H,6-10H2,1-2H3. The van der Waals surface area contributed by atoms with Crippen LogP contribution in [0.4, 0.5) is 0 Å². The van der Waals surface area contributed by atoms with Crippen molar-refractivity contribution in [3.05, 3.63) is 36.5 Å². The van der Waals surface area contributed by atoms with E-state index < -0.39 is 0 Å². The second-order valence-electron chi connectivity index (χ2n) is 6.20. The summed E-state index contributed by atoms with van der Waals surface area (Å²) >= 11 is 0. The Balaban J connectivity index is 1.73. The molecule has 1 aliphatic rings. The quantitative estimate of drug-likeness (QED) is 0.845. The second kappa shape index (κ2) is 6.87. The van der Waals surface area contributed by atoms with Gasteiger partial charge in [0, 0.05) is 38.9 Å². The highest BCUT2D eigenvalue weighted by molar-refractivity contribution is 5.97. The lowest BCUT2D eigenvalue weighted by molar-refractivity contribution is 0.0623. The van der Waals surface area contributed by atoms with Crippen molar-refractivity contribution >= 4 is 5.91 Å². The molecule has 1 aliphatic heterocycles. The molecule has 2 aromatic heterocycles. The summed E-state index contributed by atoms with van der Waals surface area (Å²) in [7, 11) is 0. The van der Waals surface area contributed by atoms with E-state index >= 15 is 0 Å². The van der Waals surface area contributed by atoms with Crippen molar-refractivity contribution in [1.82, 2.24) is 29.5 Å². The Morgan fingerprint density at radius 1 is 1.26 bits per heavy atom. The fraction of sp³-hybridized carbons (Fsp3) is 0.500. The van der Waals surface area contributed by atoms with E-state index in [0.717, 1.165) is 32.7 Å². The van der Waals surface area contributed by atoms with E-state index in [2.05, 4.69) is 33.8 Å². The summed E-state index contributed by atoms with van der Waals surface area (Å²) in [6.07, 6.45) is 4.65. The average molecular weight is 314 g/mol. The number of nitrogens with zero attached hydrogens (tertiary/aromatic N) is 6. The average Bonchev–Trinajstić information content (AvgIpc) is 3.09. The molecule has 1 saturated heterocycles. The van der Waals surface area contributed by atoms with Crippen molar-refractivity contribution in [1.29, 1.82) is 0 Å². The van der Waals surface area contributed by atoms with E-state index in [1.807, 2.05) is 4.90 Å². The normalized spacial score (nSPS) is 16.0. The monoisotopic (exact) mass is 314 g/mol. The van der Waals surface area contributed by atoms with E-state index in [1.54, 1.807) is 24.7 Å². The number of carbonyl (C=O) groups excluding carboxylic acids is 1. The third-order valence-electron chi connectivity index (χ3n) is 3.94. The third-order valence-corrected chi connectivity index (χ3v) is 3.94. The topological polar surface area (TPSA) is 67.2 Å². The highest BCUT2D eigenvalue weighted by Crippen LogP contribution is 2.15. The first-order valence-electron chi connectivity index (χ1n) is 7.97. The van der Waals surface area contributed by atoms with Gasteiger partial charge >= 0.3 is 0 Å². The highest BCUT2D eigenvalue weighted by atomic mass is 16.2. The van der Waals surface area contributed by atoms with Crippen molar-refractivity contribution in [3.63, 3.8) is 0 Å². The number of amides is 1. The molecule has 0 radical (unpaired) electrons. The summed E-state index contributed by atoms with van der Waals surface area (Å²) < 4.78 is 1.53. The molecule has 7 nitrogen and oxygen atoms in total. The van der Waals surface area contributed by atoms with Gasteiger partial charge in [-0.2, -0.15) is 5.10 Å². The lowest BCUT2D eigenvalue weighted by Gasteiger charge is -2.35. The van der Waals surface area contributed by atoms with Crippen LogP contribution < -0.4 is 0 Å². The Hall–Kier alpha value is -2.28. The van der Waals surface area contributed by atoms with E-state index in [1.165, 1.54) is 11.0 Å². The predicted molar refractivity (Wildman–Crippen MR) is 86.3 cm³/mol. The lowest BCUT2D eigenvalue weighted by Crippen LogP contribution is -2.49. The Bertz CT molecular complexity index is 646. The molecule has 0 bridgehead atoms. The minimum Gasteiger partial charge on any atom is -0.336 e. The molecular formula is C16H22N6O. The molecule has 3 heterocycles. The number of carbonyl (C=O) groups is 1. The molecule has 1 amide bonds. The van der Waals surface area contributed by atoms with Crippen LogP contribution in [0, 0.1) is 5.92 Å². The molecule has 7 heteroatoms. The number of hydrogen-bond donors (Lipinski definition) is 0. The van der Waals surface area contributed by atoms with Crippen LogP contribution in [0.2, 0.25) is 0 Å². The third kappa shape index (κ3) is 3.56. The van der Waals surface area contributed by atoms with Gasteiger partial charge in [-0.25, -0.2) is 14.6 Å². The van der Waals surface area contributed by atoms with Gasteiger partial charge in [-0.15, -0.1) is 0 Å². The fourth-order valence-electron chi connectivity index (χ4n) is 2.88. The van der Waals surface area contributed by atoms with Crippen LogP contribution in [0.5, 0.6) is 0 Å². The zero-order chi connectivity index (χ0) is 16.2. The first kappa shape index (κ1) is 15.6. The maximum Gasteiger partial charge on any atom is 0.257 e. The summed E-state index contributed by atoms with van der Waals surface area (Å²) in [6.45, 7) is 8.86. The van der Waals surface area contributed by atoms with E-state index in [4.69, 9.17) is 0 Å². The molecule has 1 fully saturated rings. The number of rotatable bonds is 4. The largest absolute Gasteiger partial charge is 0.336 e. The van der Waals surface area contributed by atoms with Crippen molar-refractivity contribution in [2.75, 3.05) is 32.7 Å². The first-order valence-corrected chi connectivity index (χ1v) is 7.97.